The number of hydrazine groups is 1. The molecule has 8 heteroatoms. The van der Waals surface area contributed by atoms with E-state index < -0.39 is 0 Å². The SMILES string of the molecule is O=C(NN1Cc2cccc3cccc(c23)C1)C1=NN(c2ccc(Cl)cc2Cl)C(c2ccc(I)cc2)C1. The van der Waals surface area contributed by atoms with Gasteiger partial charge in [0, 0.05) is 28.1 Å². The van der Waals surface area contributed by atoms with Crippen molar-refractivity contribution in [2.45, 2.75) is 25.6 Å². The Kier molecular flexibility index (Phi) is 6.37. The van der Waals surface area contributed by atoms with Gasteiger partial charge in [0.15, 0.2) is 0 Å². The lowest BCUT2D eigenvalue weighted by molar-refractivity contribution is -0.120. The summed E-state index contributed by atoms with van der Waals surface area (Å²) in [5, 5.41) is 12.1. The van der Waals surface area contributed by atoms with E-state index in [0.29, 0.717) is 41.0 Å². The summed E-state index contributed by atoms with van der Waals surface area (Å²) >= 11 is 15.0. The fourth-order valence-electron chi connectivity index (χ4n) is 5.00. The van der Waals surface area contributed by atoms with Crippen LogP contribution in [-0.4, -0.2) is 16.6 Å². The Bertz CT molecular complexity index is 1480. The molecule has 0 aliphatic carbocycles. The number of benzene rings is 4. The molecule has 0 radical (unpaired) electrons. The average Bonchev–Trinajstić information content (AvgIpc) is 3.30. The Balaban J connectivity index is 1.28. The van der Waals surface area contributed by atoms with E-state index in [0.717, 1.165) is 9.13 Å². The van der Waals surface area contributed by atoms with Gasteiger partial charge in [0.05, 0.1) is 16.8 Å². The second-order valence-electron chi connectivity index (χ2n) is 8.99. The van der Waals surface area contributed by atoms with Crippen molar-refractivity contribution in [3.63, 3.8) is 0 Å². The average molecular weight is 627 g/mol. The molecule has 4 aromatic rings. The van der Waals surface area contributed by atoms with Gasteiger partial charge in [0.2, 0.25) is 0 Å². The van der Waals surface area contributed by atoms with E-state index in [-0.39, 0.29) is 11.9 Å². The Labute approximate surface area is 232 Å². The van der Waals surface area contributed by atoms with Crippen LogP contribution >= 0.6 is 45.8 Å². The monoisotopic (exact) mass is 626 g/mol. The van der Waals surface area contributed by atoms with Crippen LogP contribution in [0.5, 0.6) is 0 Å². The van der Waals surface area contributed by atoms with Crippen LogP contribution in [0.4, 0.5) is 5.69 Å². The highest BCUT2D eigenvalue weighted by Crippen LogP contribution is 2.40. The lowest BCUT2D eigenvalue weighted by atomic mass is 9.96. The molecule has 0 spiro atoms. The predicted molar refractivity (Wildman–Crippen MR) is 154 cm³/mol. The summed E-state index contributed by atoms with van der Waals surface area (Å²) in [6.45, 7) is 1.28. The van der Waals surface area contributed by atoms with E-state index in [1.54, 1.807) is 12.1 Å². The summed E-state index contributed by atoms with van der Waals surface area (Å²) in [6.07, 6.45) is 0.464. The van der Waals surface area contributed by atoms with Gasteiger partial charge in [-0.25, -0.2) is 5.01 Å². The number of carbonyl (C=O) groups excluding carboxylic acids is 1. The first-order valence-electron chi connectivity index (χ1n) is 11.6. The Morgan fingerprint density at radius 2 is 1.64 bits per heavy atom. The summed E-state index contributed by atoms with van der Waals surface area (Å²) < 4.78 is 1.14. The van der Waals surface area contributed by atoms with Crippen molar-refractivity contribution in [1.29, 1.82) is 0 Å². The van der Waals surface area contributed by atoms with Crippen LogP contribution in [0.15, 0.2) is 84.0 Å². The third kappa shape index (κ3) is 4.47. The molecule has 1 amide bonds. The van der Waals surface area contributed by atoms with E-state index >= 15 is 0 Å². The zero-order valence-corrected chi connectivity index (χ0v) is 22.8. The Hall–Kier alpha value is -2.65. The molecule has 2 aliphatic rings. The topological polar surface area (TPSA) is 47.9 Å². The fraction of sp³-hybridized carbons (Fsp3) is 0.143. The van der Waals surface area contributed by atoms with Gasteiger partial charge in [-0.05, 0) is 80.4 Å². The fourth-order valence-corrected chi connectivity index (χ4v) is 5.86. The normalized spacial score (nSPS) is 17.4. The predicted octanol–water partition coefficient (Wildman–Crippen LogP) is 7.11. The number of hydrazone groups is 1. The largest absolute Gasteiger partial charge is 0.283 e. The number of nitrogens with zero attached hydrogens (tertiary/aromatic N) is 3. The molecule has 0 saturated heterocycles. The van der Waals surface area contributed by atoms with Crippen molar-refractivity contribution in [3.8, 4) is 0 Å². The number of carbonyl (C=O) groups is 1. The maximum Gasteiger partial charge on any atom is 0.281 e. The van der Waals surface area contributed by atoms with Gasteiger partial charge in [-0.1, -0.05) is 71.7 Å². The number of amides is 1. The highest BCUT2D eigenvalue weighted by molar-refractivity contribution is 14.1. The van der Waals surface area contributed by atoms with Crippen LogP contribution in [-0.2, 0) is 17.9 Å². The Morgan fingerprint density at radius 1 is 0.944 bits per heavy atom. The maximum atomic E-state index is 13.4. The summed E-state index contributed by atoms with van der Waals surface area (Å²) in [5.74, 6) is -0.204. The molecule has 0 fully saturated rings. The van der Waals surface area contributed by atoms with Gasteiger partial charge in [-0.15, -0.1) is 0 Å². The number of hydrogen-bond acceptors (Lipinski definition) is 4. The number of halogens is 3. The lowest BCUT2D eigenvalue weighted by Crippen LogP contribution is -2.45. The first kappa shape index (κ1) is 23.7. The Morgan fingerprint density at radius 3 is 2.31 bits per heavy atom. The van der Waals surface area contributed by atoms with Crippen molar-refractivity contribution >= 4 is 73.9 Å². The standard InChI is InChI=1S/C28H21Cl2IN4O/c29-21-9-12-25(23(30)13-21)35-26(17-7-10-22(31)11-8-17)14-24(32-35)28(36)33-34-15-19-5-1-3-18-4-2-6-20(16-34)27(18)19/h1-13,26H,14-16H2,(H,33,36). The third-order valence-electron chi connectivity index (χ3n) is 6.64. The zero-order valence-electron chi connectivity index (χ0n) is 19.1. The first-order chi connectivity index (χ1) is 17.5. The third-order valence-corrected chi connectivity index (χ3v) is 7.90. The van der Waals surface area contributed by atoms with Gasteiger partial charge >= 0.3 is 0 Å². The van der Waals surface area contributed by atoms with Gasteiger partial charge in [0.1, 0.15) is 5.71 Å². The first-order valence-corrected chi connectivity index (χ1v) is 13.4. The molecule has 0 aromatic heterocycles. The summed E-state index contributed by atoms with van der Waals surface area (Å²) in [6, 6.07) is 26.1. The van der Waals surface area contributed by atoms with E-state index in [2.05, 4.69) is 88.7 Å². The highest BCUT2D eigenvalue weighted by atomic mass is 127. The number of hydrogen-bond donors (Lipinski definition) is 1. The van der Waals surface area contributed by atoms with Crippen molar-refractivity contribution in [2.24, 2.45) is 5.10 Å². The smallest absolute Gasteiger partial charge is 0.281 e. The molecular formula is C28H21Cl2IN4O. The molecule has 1 atom stereocenters. The van der Waals surface area contributed by atoms with Crippen molar-refractivity contribution < 1.29 is 4.79 Å². The highest BCUT2D eigenvalue weighted by Gasteiger charge is 2.34. The van der Waals surface area contributed by atoms with E-state index in [9.17, 15) is 4.79 Å². The van der Waals surface area contributed by atoms with Crippen LogP contribution < -0.4 is 10.4 Å². The lowest BCUT2D eigenvalue weighted by Gasteiger charge is -2.29. The number of anilines is 1. The molecule has 1 unspecified atom stereocenters. The molecule has 4 aromatic carbocycles. The van der Waals surface area contributed by atoms with Crippen molar-refractivity contribution in [3.05, 3.63) is 109 Å². The van der Waals surface area contributed by atoms with Crippen LogP contribution in [0, 0.1) is 3.57 Å². The molecule has 180 valence electrons. The second-order valence-corrected chi connectivity index (χ2v) is 11.1. The number of rotatable bonds is 4. The summed E-state index contributed by atoms with van der Waals surface area (Å²) in [7, 11) is 0. The zero-order chi connectivity index (χ0) is 24.8. The molecule has 0 bridgehead atoms. The second kappa shape index (κ2) is 9.67. The molecule has 2 heterocycles. The van der Waals surface area contributed by atoms with Crippen LogP contribution in [0.3, 0.4) is 0 Å². The van der Waals surface area contributed by atoms with Crippen LogP contribution in [0.1, 0.15) is 29.2 Å². The van der Waals surface area contributed by atoms with Gasteiger partial charge in [-0.2, -0.15) is 5.10 Å². The van der Waals surface area contributed by atoms with E-state index in [1.165, 1.54) is 21.9 Å². The van der Waals surface area contributed by atoms with Crippen molar-refractivity contribution in [1.82, 2.24) is 10.4 Å². The van der Waals surface area contributed by atoms with Gasteiger partial charge in [-0.3, -0.25) is 15.2 Å². The minimum atomic E-state index is -0.204. The molecule has 2 aliphatic heterocycles. The summed E-state index contributed by atoms with van der Waals surface area (Å²) in [5.41, 5.74) is 7.74. The van der Waals surface area contributed by atoms with E-state index in [1.807, 2.05) is 16.1 Å². The molecular weight excluding hydrogens is 606 g/mol. The minimum absolute atomic E-state index is 0.155. The number of nitrogens with one attached hydrogen (secondary N) is 1. The van der Waals surface area contributed by atoms with Gasteiger partial charge < -0.3 is 0 Å². The van der Waals surface area contributed by atoms with E-state index in [4.69, 9.17) is 28.3 Å². The van der Waals surface area contributed by atoms with Gasteiger partial charge in [0.25, 0.3) is 5.91 Å². The molecule has 5 nitrogen and oxygen atoms in total. The maximum absolute atomic E-state index is 13.4. The molecule has 6 rings (SSSR count). The molecule has 1 N–H and O–H groups in total. The van der Waals surface area contributed by atoms with Crippen LogP contribution in [0.2, 0.25) is 10.0 Å². The minimum Gasteiger partial charge on any atom is -0.283 e. The van der Waals surface area contributed by atoms with Crippen LogP contribution in [0.25, 0.3) is 10.8 Å². The molecule has 0 saturated carbocycles. The quantitative estimate of drug-likeness (QED) is 0.246. The molecule has 36 heavy (non-hydrogen) atoms. The summed E-state index contributed by atoms with van der Waals surface area (Å²) in [4.78, 5) is 13.4. The van der Waals surface area contributed by atoms with Crippen molar-refractivity contribution in [2.75, 3.05) is 5.01 Å².